The summed E-state index contributed by atoms with van der Waals surface area (Å²) in [5, 5.41) is 2.22. The van der Waals surface area contributed by atoms with Gasteiger partial charge in [-0.15, -0.1) is 0 Å². The summed E-state index contributed by atoms with van der Waals surface area (Å²) in [4.78, 5) is 10.7. The van der Waals surface area contributed by atoms with Gasteiger partial charge in [-0.25, -0.2) is 0 Å². The third kappa shape index (κ3) is 9.17. The molecule has 0 spiro atoms. The SMILES string of the molecule is CC(C)(C)CNC(=O)CC(F)(F)F. The molecule has 0 radical (unpaired) electrons. The monoisotopic (exact) mass is 197 g/mol. The maximum absolute atomic E-state index is 11.7. The van der Waals surface area contributed by atoms with Crippen molar-refractivity contribution < 1.29 is 18.0 Å². The number of amides is 1. The van der Waals surface area contributed by atoms with Crippen LogP contribution in [-0.4, -0.2) is 18.6 Å². The summed E-state index contributed by atoms with van der Waals surface area (Å²) in [6.07, 6.45) is -5.81. The number of carbonyl (C=O) groups excluding carboxylic acids is 1. The van der Waals surface area contributed by atoms with Gasteiger partial charge in [0.1, 0.15) is 6.42 Å². The Bertz CT molecular complexity index is 181. The van der Waals surface area contributed by atoms with E-state index < -0.39 is 18.5 Å². The lowest BCUT2D eigenvalue weighted by atomic mass is 9.97. The van der Waals surface area contributed by atoms with Gasteiger partial charge >= 0.3 is 6.18 Å². The standard InChI is InChI=1S/C8H14F3NO/c1-7(2,3)5-12-6(13)4-8(9,10)11/h4-5H2,1-3H3,(H,12,13). The van der Waals surface area contributed by atoms with E-state index in [-0.39, 0.29) is 12.0 Å². The molecule has 0 aromatic heterocycles. The molecule has 13 heavy (non-hydrogen) atoms. The molecule has 0 aliphatic carbocycles. The van der Waals surface area contributed by atoms with Gasteiger partial charge in [-0.3, -0.25) is 4.79 Å². The number of nitrogens with one attached hydrogen (secondary N) is 1. The van der Waals surface area contributed by atoms with Crippen LogP contribution in [0.4, 0.5) is 13.2 Å². The largest absolute Gasteiger partial charge is 0.397 e. The Hall–Kier alpha value is -0.740. The minimum atomic E-state index is -4.41. The lowest BCUT2D eigenvalue weighted by molar-refractivity contribution is -0.154. The first-order valence-corrected chi connectivity index (χ1v) is 3.94. The molecule has 0 atom stereocenters. The van der Waals surface area contributed by atoms with Crippen LogP contribution < -0.4 is 5.32 Å². The second-order valence-corrected chi connectivity index (χ2v) is 4.13. The summed E-state index contributed by atoms with van der Waals surface area (Å²) in [6.45, 7) is 5.75. The van der Waals surface area contributed by atoms with Crippen molar-refractivity contribution in [1.29, 1.82) is 0 Å². The van der Waals surface area contributed by atoms with Gasteiger partial charge in [0.15, 0.2) is 0 Å². The number of rotatable bonds is 2. The van der Waals surface area contributed by atoms with E-state index >= 15 is 0 Å². The molecular weight excluding hydrogens is 183 g/mol. The van der Waals surface area contributed by atoms with Crippen LogP contribution in [0.2, 0.25) is 0 Å². The Morgan fingerprint density at radius 1 is 1.23 bits per heavy atom. The average molecular weight is 197 g/mol. The van der Waals surface area contributed by atoms with Crippen molar-refractivity contribution in [3.8, 4) is 0 Å². The molecule has 0 aromatic rings. The molecule has 5 heteroatoms. The maximum atomic E-state index is 11.7. The van der Waals surface area contributed by atoms with E-state index in [4.69, 9.17) is 0 Å². The van der Waals surface area contributed by atoms with Crippen LogP contribution in [0, 0.1) is 5.41 Å². The van der Waals surface area contributed by atoms with Crippen LogP contribution in [0.3, 0.4) is 0 Å². The van der Waals surface area contributed by atoms with E-state index in [0.717, 1.165) is 0 Å². The molecule has 1 amide bonds. The Morgan fingerprint density at radius 3 is 2.00 bits per heavy atom. The first-order valence-electron chi connectivity index (χ1n) is 3.94. The van der Waals surface area contributed by atoms with Crippen LogP contribution in [0.15, 0.2) is 0 Å². The van der Waals surface area contributed by atoms with Crippen LogP contribution in [-0.2, 0) is 4.79 Å². The minimum absolute atomic E-state index is 0.193. The molecule has 0 rings (SSSR count). The fourth-order valence-corrected chi connectivity index (χ4v) is 0.608. The molecule has 1 N–H and O–H groups in total. The third-order valence-electron chi connectivity index (χ3n) is 1.18. The van der Waals surface area contributed by atoms with Crippen molar-refractivity contribution in [2.24, 2.45) is 5.41 Å². The van der Waals surface area contributed by atoms with E-state index in [9.17, 15) is 18.0 Å². The Morgan fingerprint density at radius 2 is 1.69 bits per heavy atom. The van der Waals surface area contributed by atoms with E-state index in [1.165, 1.54) is 0 Å². The number of carbonyl (C=O) groups is 1. The van der Waals surface area contributed by atoms with Gasteiger partial charge < -0.3 is 5.32 Å². The molecule has 0 saturated heterocycles. The van der Waals surface area contributed by atoms with Gasteiger partial charge in [-0.1, -0.05) is 20.8 Å². The molecular formula is C8H14F3NO. The molecule has 0 bridgehead atoms. The van der Waals surface area contributed by atoms with Gasteiger partial charge in [0.2, 0.25) is 5.91 Å². The van der Waals surface area contributed by atoms with Gasteiger partial charge in [0.25, 0.3) is 0 Å². The van der Waals surface area contributed by atoms with Crippen molar-refractivity contribution >= 4 is 5.91 Å². The Labute approximate surface area is 75.5 Å². The summed E-state index contributed by atoms with van der Waals surface area (Å²) in [7, 11) is 0. The highest BCUT2D eigenvalue weighted by Crippen LogP contribution is 2.19. The lowest BCUT2D eigenvalue weighted by Gasteiger charge is -2.18. The molecule has 0 aliphatic rings. The van der Waals surface area contributed by atoms with Crippen molar-refractivity contribution in [3.63, 3.8) is 0 Å². The number of alkyl halides is 3. The molecule has 0 aliphatic heterocycles. The first-order chi connectivity index (χ1) is 5.60. The van der Waals surface area contributed by atoms with Crippen molar-refractivity contribution in [3.05, 3.63) is 0 Å². The summed E-state index contributed by atoms with van der Waals surface area (Å²) in [6, 6.07) is 0. The molecule has 78 valence electrons. The van der Waals surface area contributed by atoms with Gasteiger partial charge in [0.05, 0.1) is 0 Å². The molecule has 0 heterocycles. The van der Waals surface area contributed by atoms with E-state index in [1.807, 2.05) is 20.8 Å². The van der Waals surface area contributed by atoms with E-state index in [1.54, 1.807) is 0 Å². The molecule has 0 aromatic carbocycles. The van der Waals surface area contributed by atoms with Crippen LogP contribution >= 0.6 is 0 Å². The molecule has 0 saturated carbocycles. The predicted molar refractivity (Wildman–Crippen MR) is 43.1 cm³/mol. The summed E-state index contributed by atoms with van der Waals surface area (Å²) in [5.41, 5.74) is -0.193. The van der Waals surface area contributed by atoms with Crippen molar-refractivity contribution in [1.82, 2.24) is 5.32 Å². The molecule has 0 fully saturated rings. The van der Waals surface area contributed by atoms with Gasteiger partial charge in [-0.05, 0) is 5.41 Å². The fraction of sp³-hybridized carbons (Fsp3) is 0.875. The zero-order valence-electron chi connectivity index (χ0n) is 7.96. The van der Waals surface area contributed by atoms with Crippen molar-refractivity contribution in [2.45, 2.75) is 33.4 Å². The second-order valence-electron chi connectivity index (χ2n) is 4.13. The lowest BCUT2D eigenvalue weighted by Crippen LogP contribution is -2.34. The summed E-state index contributed by atoms with van der Waals surface area (Å²) >= 11 is 0. The first kappa shape index (κ1) is 12.3. The van der Waals surface area contributed by atoms with Crippen LogP contribution in [0.1, 0.15) is 27.2 Å². The number of hydrogen-bond donors (Lipinski definition) is 1. The zero-order chi connectivity index (χ0) is 10.7. The van der Waals surface area contributed by atoms with Gasteiger partial charge in [0, 0.05) is 6.54 Å². The van der Waals surface area contributed by atoms with Crippen molar-refractivity contribution in [2.75, 3.05) is 6.54 Å². The van der Waals surface area contributed by atoms with E-state index in [2.05, 4.69) is 5.32 Å². The van der Waals surface area contributed by atoms with Crippen LogP contribution in [0.5, 0.6) is 0 Å². The minimum Gasteiger partial charge on any atom is -0.355 e. The van der Waals surface area contributed by atoms with Gasteiger partial charge in [-0.2, -0.15) is 13.2 Å². The Balaban J connectivity index is 3.78. The number of halogens is 3. The molecule has 2 nitrogen and oxygen atoms in total. The smallest absolute Gasteiger partial charge is 0.355 e. The summed E-state index contributed by atoms with van der Waals surface area (Å²) in [5.74, 6) is -0.970. The highest BCUT2D eigenvalue weighted by Gasteiger charge is 2.31. The topological polar surface area (TPSA) is 29.1 Å². The normalized spacial score (nSPS) is 12.8. The fourth-order valence-electron chi connectivity index (χ4n) is 0.608. The van der Waals surface area contributed by atoms with Crippen LogP contribution in [0.25, 0.3) is 0 Å². The highest BCUT2D eigenvalue weighted by molar-refractivity contribution is 5.76. The predicted octanol–water partition coefficient (Wildman–Crippen LogP) is 2.10. The maximum Gasteiger partial charge on any atom is 0.397 e. The highest BCUT2D eigenvalue weighted by atomic mass is 19.4. The summed E-state index contributed by atoms with van der Waals surface area (Å²) < 4.78 is 35.0. The second kappa shape index (κ2) is 3.98. The number of hydrogen-bond acceptors (Lipinski definition) is 1. The Kier molecular flexibility index (Phi) is 3.75. The zero-order valence-corrected chi connectivity index (χ0v) is 7.96. The van der Waals surface area contributed by atoms with E-state index in [0.29, 0.717) is 0 Å². The molecule has 0 unspecified atom stereocenters. The quantitative estimate of drug-likeness (QED) is 0.721. The average Bonchev–Trinajstić information content (AvgIpc) is 1.78. The third-order valence-corrected chi connectivity index (χ3v) is 1.18.